The molecule has 10 heteroatoms. The predicted octanol–water partition coefficient (Wildman–Crippen LogP) is 1.89. The maximum absolute atomic E-state index is 11.4. The fraction of sp³-hybridized carbons (Fsp3) is 0.571. The van der Waals surface area contributed by atoms with Crippen molar-refractivity contribution in [2.45, 2.75) is 39.5 Å². The van der Waals surface area contributed by atoms with Crippen molar-refractivity contribution >= 4 is 11.8 Å². The Hall–Kier alpha value is -2.78. The summed E-state index contributed by atoms with van der Waals surface area (Å²) < 4.78 is 0. The standard InChI is InChI=1S/C14H22N4O6/c1-9(19)11(17-23)13(21)15-7-5-3-4-6-8-16-14(22)12(18-24)10(2)20/h19-20H,3-8H2,1-2H3,(H,15,21)(H,16,22)/b11-9-,12-10+. The van der Waals surface area contributed by atoms with Crippen molar-refractivity contribution in [1.29, 1.82) is 0 Å². The number of carbonyl (C=O) groups is 2. The molecule has 2 amide bonds. The monoisotopic (exact) mass is 342 g/mol. The van der Waals surface area contributed by atoms with Gasteiger partial charge in [0, 0.05) is 13.1 Å². The number of aliphatic hydroxyl groups is 2. The molecule has 0 aliphatic heterocycles. The molecule has 0 atom stereocenters. The van der Waals surface area contributed by atoms with Crippen LogP contribution in [0.4, 0.5) is 0 Å². The lowest BCUT2D eigenvalue weighted by Crippen LogP contribution is -2.26. The van der Waals surface area contributed by atoms with Gasteiger partial charge in [-0.3, -0.25) is 9.59 Å². The molecule has 0 bridgehead atoms. The SMILES string of the molecule is C/C(O)=C(/N=O)C(=O)NCCCCCCNC(=O)/C(N=O)=C(/C)O. The normalized spacial score (nSPS) is 12.6. The van der Waals surface area contributed by atoms with Gasteiger partial charge in [-0.2, -0.15) is 0 Å². The van der Waals surface area contributed by atoms with Gasteiger partial charge in [-0.05, 0) is 37.0 Å². The zero-order valence-electron chi connectivity index (χ0n) is 13.7. The highest BCUT2D eigenvalue weighted by Crippen LogP contribution is 2.04. The molecule has 0 aliphatic carbocycles. The first-order valence-electron chi connectivity index (χ1n) is 7.37. The molecule has 4 N–H and O–H groups in total. The third-order valence-electron chi connectivity index (χ3n) is 2.97. The predicted molar refractivity (Wildman–Crippen MR) is 86.7 cm³/mol. The van der Waals surface area contributed by atoms with Crippen molar-refractivity contribution in [1.82, 2.24) is 10.6 Å². The van der Waals surface area contributed by atoms with E-state index >= 15 is 0 Å². The van der Waals surface area contributed by atoms with Crippen LogP contribution in [-0.2, 0) is 9.59 Å². The molecule has 0 saturated carbocycles. The van der Waals surface area contributed by atoms with Gasteiger partial charge in [-0.15, -0.1) is 9.81 Å². The Bertz CT molecular complexity index is 485. The van der Waals surface area contributed by atoms with Gasteiger partial charge in [0.2, 0.25) is 11.4 Å². The van der Waals surface area contributed by atoms with Crippen LogP contribution in [0.25, 0.3) is 0 Å². The van der Waals surface area contributed by atoms with Crippen LogP contribution in [-0.4, -0.2) is 35.1 Å². The van der Waals surface area contributed by atoms with E-state index in [0.29, 0.717) is 25.9 Å². The lowest BCUT2D eigenvalue weighted by Gasteiger charge is -2.06. The van der Waals surface area contributed by atoms with E-state index in [1.807, 2.05) is 0 Å². The Kier molecular flexibility index (Phi) is 10.4. The first kappa shape index (κ1) is 21.2. The molecule has 134 valence electrons. The number of aliphatic hydroxyl groups excluding tert-OH is 2. The largest absolute Gasteiger partial charge is 0.510 e. The first-order chi connectivity index (χ1) is 11.3. The second-order valence-corrected chi connectivity index (χ2v) is 4.98. The van der Waals surface area contributed by atoms with Crippen LogP contribution in [0.1, 0.15) is 39.5 Å². The Labute approximate surface area is 139 Å². The van der Waals surface area contributed by atoms with Crippen LogP contribution >= 0.6 is 0 Å². The molecule has 0 aromatic rings. The van der Waals surface area contributed by atoms with Crippen LogP contribution in [0, 0.1) is 9.81 Å². The lowest BCUT2D eigenvalue weighted by molar-refractivity contribution is -0.118. The van der Waals surface area contributed by atoms with E-state index < -0.39 is 34.7 Å². The molecule has 0 aliphatic rings. The molecule has 0 unspecified atom stereocenters. The summed E-state index contributed by atoms with van der Waals surface area (Å²) in [5.74, 6) is -2.32. The molecular weight excluding hydrogens is 320 g/mol. The minimum Gasteiger partial charge on any atom is -0.510 e. The molecule has 0 fully saturated rings. The van der Waals surface area contributed by atoms with E-state index in [-0.39, 0.29) is 0 Å². The Morgan fingerprint density at radius 2 is 1.08 bits per heavy atom. The van der Waals surface area contributed by atoms with Crippen molar-refractivity contribution in [3.63, 3.8) is 0 Å². The molecule has 0 aromatic carbocycles. The minimum absolute atomic E-state index is 0.323. The second kappa shape index (κ2) is 11.7. The molecule has 10 nitrogen and oxygen atoms in total. The Balaban J connectivity index is 3.83. The number of allylic oxidation sites excluding steroid dienone is 2. The van der Waals surface area contributed by atoms with Crippen LogP contribution in [0.5, 0.6) is 0 Å². The van der Waals surface area contributed by atoms with E-state index in [1.165, 1.54) is 13.8 Å². The summed E-state index contributed by atoms with van der Waals surface area (Å²) in [6, 6.07) is 0. The van der Waals surface area contributed by atoms with Crippen LogP contribution in [0.2, 0.25) is 0 Å². The number of nitrogens with one attached hydrogen (secondary N) is 2. The molecule has 0 rings (SSSR count). The lowest BCUT2D eigenvalue weighted by atomic mass is 10.2. The highest BCUT2D eigenvalue weighted by atomic mass is 16.3. The second-order valence-electron chi connectivity index (χ2n) is 4.98. The van der Waals surface area contributed by atoms with Crippen LogP contribution in [0.15, 0.2) is 33.3 Å². The Morgan fingerprint density at radius 1 is 0.750 bits per heavy atom. The van der Waals surface area contributed by atoms with Gasteiger partial charge in [-0.25, -0.2) is 0 Å². The van der Waals surface area contributed by atoms with Gasteiger partial charge in [0.25, 0.3) is 11.8 Å². The van der Waals surface area contributed by atoms with E-state index in [1.54, 1.807) is 0 Å². The van der Waals surface area contributed by atoms with Crippen molar-refractivity contribution in [3.8, 4) is 0 Å². The third kappa shape index (κ3) is 8.01. The maximum Gasteiger partial charge on any atom is 0.277 e. The molecule has 0 aromatic heterocycles. The fourth-order valence-corrected chi connectivity index (χ4v) is 1.72. The summed E-state index contributed by atoms with van der Waals surface area (Å²) in [5.41, 5.74) is -1.07. The summed E-state index contributed by atoms with van der Waals surface area (Å²) in [6.07, 6.45) is 2.81. The number of nitroso groups, excluding NO2 is 2. The van der Waals surface area contributed by atoms with Gasteiger partial charge in [-0.1, -0.05) is 12.8 Å². The smallest absolute Gasteiger partial charge is 0.277 e. The minimum atomic E-state index is -0.725. The van der Waals surface area contributed by atoms with Crippen molar-refractivity contribution < 1.29 is 19.8 Å². The maximum atomic E-state index is 11.4. The van der Waals surface area contributed by atoms with Gasteiger partial charge in [0.1, 0.15) is 11.5 Å². The molecule has 0 spiro atoms. The van der Waals surface area contributed by atoms with Gasteiger partial charge in [0.15, 0.2) is 0 Å². The van der Waals surface area contributed by atoms with Crippen LogP contribution in [0.3, 0.4) is 0 Å². The first-order valence-corrected chi connectivity index (χ1v) is 7.37. The van der Waals surface area contributed by atoms with Crippen molar-refractivity contribution in [2.24, 2.45) is 10.4 Å². The fourth-order valence-electron chi connectivity index (χ4n) is 1.72. The number of nitrogens with zero attached hydrogens (tertiary/aromatic N) is 2. The van der Waals surface area contributed by atoms with Crippen LogP contribution < -0.4 is 10.6 Å². The highest BCUT2D eigenvalue weighted by molar-refractivity contribution is 5.93. The molecule has 0 heterocycles. The van der Waals surface area contributed by atoms with Gasteiger partial charge >= 0.3 is 0 Å². The number of hydrogen-bond donors (Lipinski definition) is 4. The zero-order chi connectivity index (χ0) is 18.5. The number of carbonyl (C=O) groups excluding carboxylic acids is 2. The summed E-state index contributed by atoms with van der Waals surface area (Å²) in [7, 11) is 0. The van der Waals surface area contributed by atoms with E-state index in [9.17, 15) is 19.4 Å². The number of amides is 2. The molecule has 24 heavy (non-hydrogen) atoms. The van der Waals surface area contributed by atoms with Crippen molar-refractivity contribution in [2.75, 3.05) is 13.1 Å². The van der Waals surface area contributed by atoms with E-state index in [4.69, 9.17) is 10.2 Å². The number of hydrogen-bond acceptors (Lipinski definition) is 8. The Morgan fingerprint density at radius 3 is 1.33 bits per heavy atom. The summed E-state index contributed by atoms with van der Waals surface area (Å²) in [5, 5.41) is 27.9. The van der Waals surface area contributed by atoms with Crippen molar-refractivity contribution in [3.05, 3.63) is 32.7 Å². The summed E-state index contributed by atoms with van der Waals surface area (Å²) in [6.45, 7) is 3.04. The average molecular weight is 342 g/mol. The van der Waals surface area contributed by atoms with E-state index in [0.717, 1.165) is 12.8 Å². The topological polar surface area (TPSA) is 158 Å². The highest BCUT2D eigenvalue weighted by Gasteiger charge is 2.13. The van der Waals surface area contributed by atoms with Gasteiger partial charge in [0.05, 0.1) is 0 Å². The quantitative estimate of drug-likeness (QED) is 0.194. The third-order valence-corrected chi connectivity index (χ3v) is 2.97. The summed E-state index contributed by atoms with van der Waals surface area (Å²) >= 11 is 0. The van der Waals surface area contributed by atoms with E-state index in [2.05, 4.69) is 21.0 Å². The molecular formula is C14H22N4O6. The van der Waals surface area contributed by atoms with Gasteiger partial charge < -0.3 is 20.8 Å². The average Bonchev–Trinajstić information content (AvgIpc) is 2.50. The zero-order valence-corrected chi connectivity index (χ0v) is 13.7. The number of rotatable bonds is 11. The number of unbranched alkanes of at least 4 members (excludes halogenated alkanes) is 3. The molecule has 0 radical (unpaired) electrons. The molecule has 0 saturated heterocycles. The summed E-state index contributed by atoms with van der Waals surface area (Å²) in [4.78, 5) is 43.6.